The summed E-state index contributed by atoms with van der Waals surface area (Å²) in [6.45, 7) is 0.481. The minimum Gasteiger partial charge on any atom is -0.480 e. The van der Waals surface area contributed by atoms with Crippen molar-refractivity contribution in [2.24, 2.45) is 0 Å². The zero-order valence-corrected chi connectivity index (χ0v) is 6.29. The van der Waals surface area contributed by atoms with Crippen LogP contribution in [0.3, 0.4) is 0 Å². The number of hydrogen-bond donors (Lipinski definition) is 2. The van der Waals surface area contributed by atoms with E-state index in [9.17, 15) is 4.79 Å². The molecule has 0 unspecified atom stereocenters. The third kappa shape index (κ3) is 1.50. The van der Waals surface area contributed by atoms with Crippen LogP contribution < -0.4 is 5.32 Å². The third-order valence-corrected chi connectivity index (χ3v) is 1.75. The summed E-state index contributed by atoms with van der Waals surface area (Å²) in [5.41, 5.74) is -1.06. The summed E-state index contributed by atoms with van der Waals surface area (Å²) >= 11 is 0. The lowest BCUT2D eigenvalue weighted by Gasteiger charge is -2.31. The maximum absolute atomic E-state index is 10.7. The lowest BCUT2D eigenvalue weighted by Crippen LogP contribution is -2.59. The highest BCUT2D eigenvalue weighted by Crippen LogP contribution is 2.10. The Morgan fingerprint density at radius 2 is 2.09 bits per heavy atom. The second-order valence-corrected chi connectivity index (χ2v) is 2.45. The van der Waals surface area contributed by atoms with Crippen LogP contribution in [-0.4, -0.2) is 43.7 Å². The van der Waals surface area contributed by atoms with E-state index in [0.717, 1.165) is 0 Å². The molecule has 0 amide bonds. The van der Waals surface area contributed by atoms with Crippen LogP contribution in [0.5, 0.6) is 0 Å². The Balaban J connectivity index is 2.64. The summed E-state index contributed by atoms with van der Waals surface area (Å²) in [5.74, 6) is -0.945. The molecule has 0 spiro atoms. The van der Waals surface area contributed by atoms with E-state index in [1.54, 1.807) is 7.05 Å². The molecule has 5 heteroatoms. The van der Waals surface area contributed by atoms with Gasteiger partial charge in [0.2, 0.25) is 0 Å². The summed E-state index contributed by atoms with van der Waals surface area (Å²) < 4.78 is 9.74. The lowest BCUT2D eigenvalue weighted by molar-refractivity contribution is -0.175. The molecule has 0 saturated carbocycles. The minimum absolute atomic E-state index is 0.152. The van der Waals surface area contributed by atoms with Crippen LogP contribution in [0, 0.1) is 0 Å². The quantitative estimate of drug-likeness (QED) is 0.545. The summed E-state index contributed by atoms with van der Waals surface area (Å²) in [7, 11) is 1.58. The van der Waals surface area contributed by atoms with Gasteiger partial charge in [0.05, 0.1) is 13.2 Å². The van der Waals surface area contributed by atoms with E-state index >= 15 is 0 Å². The van der Waals surface area contributed by atoms with Crippen molar-refractivity contribution in [3.63, 3.8) is 0 Å². The first-order valence-electron chi connectivity index (χ1n) is 3.29. The van der Waals surface area contributed by atoms with Crippen molar-refractivity contribution in [2.75, 3.05) is 27.1 Å². The SMILES string of the molecule is CNC1(C(=O)O)COCOC1. The second-order valence-electron chi connectivity index (χ2n) is 2.45. The predicted octanol–water partition coefficient (Wildman–Crippen LogP) is -0.966. The molecule has 0 aromatic carbocycles. The maximum atomic E-state index is 10.7. The summed E-state index contributed by atoms with van der Waals surface area (Å²) in [6.07, 6.45) is 0. The van der Waals surface area contributed by atoms with E-state index in [1.807, 2.05) is 0 Å². The molecule has 0 atom stereocenters. The normalized spacial score (nSPS) is 23.0. The van der Waals surface area contributed by atoms with E-state index in [-0.39, 0.29) is 20.0 Å². The van der Waals surface area contributed by atoms with Gasteiger partial charge >= 0.3 is 5.97 Å². The minimum atomic E-state index is -1.06. The molecule has 0 aromatic rings. The van der Waals surface area contributed by atoms with Crippen LogP contribution in [0.1, 0.15) is 0 Å². The first kappa shape index (κ1) is 8.45. The highest BCUT2D eigenvalue weighted by molar-refractivity contribution is 5.79. The first-order valence-corrected chi connectivity index (χ1v) is 3.29. The number of nitrogens with one attached hydrogen (secondary N) is 1. The van der Waals surface area contributed by atoms with Crippen molar-refractivity contribution in [1.82, 2.24) is 5.32 Å². The van der Waals surface area contributed by atoms with Gasteiger partial charge in [-0.1, -0.05) is 0 Å². The van der Waals surface area contributed by atoms with E-state index in [0.29, 0.717) is 0 Å². The lowest BCUT2D eigenvalue weighted by atomic mass is 10.0. The van der Waals surface area contributed by atoms with E-state index < -0.39 is 11.5 Å². The van der Waals surface area contributed by atoms with Crippen molar-refractivity contribution >= 4 is 5.97 Å². The van der Waals surface area contributed by atoms with Gasteiger partial charge in [0.25, 0.3) is 0 Å². The molecule has 1 fully saturated rings. The van der Waals surface area contributed by atoms with E-state index in [4.69, 9.17) is 14.6 Å². The number of hydrogen-bond acceptors (Lipinski definition) is 4. The Hall–Kier alpha value is -0.650. The van der Waals surface area contributed by atoms with Crippen molar-refractivity contribution in [1.29, 1.82) is 0 Å². The van der Waals surface area contributed by atoms with E-state index in [1.165, 1.54) is 0 Å². The van der Waals surface area contributed by atoms with Gasteiger partial charge in [0.15, 0.2) is 5.54 Å². The molecule has 2 N–H and O–H groups in total. The fraction of sp³-hybridized carbons (Fsp3) is 0.833. The Morgan fingerprint density at radius 3 is 2.36 bits per heavy atom. The number of aliphatic carboxylic acids is 1. The van der Waals surface area contributed by atoms with Gasteiger partial charge in [-0.3, -0.25) is 4.79 Å². The molecule has 0 aliphatic carbocycles. The molecule has 1 aliphatic rings. The molecule has 0 radical (unpaired) electrons. The van der Waals surface area contributed by atoms with Crippen LogP contribution in [0.2, 0.25) is 0 Å². The molecule has 1 saturated heterocycles. The number of carboxylic acid groups (broad SMARTS) is 1. The summed E-state index contributed by atoms with van der Waals surface area (Å²) in [4.78, 5) is 10.7. The van der Waals surface area contributed by atoms with Crippen molar-refractivity contribution in [3.05, 3.63) is 0 Å². The van der Waals surface area contributed by atoms with Crippen LogP contribution in [0.15, 0.2) is 0 Å². The van der Waals surface area contributed by atoms with Crippen molar-refractivity contribution in [3.8, 4) is 0 Å². The smallest absolute Gasteiger partial charge is 0.328 e. The molecule has 64 valence electrons. The topological polar surface area (TPSA) is 67.8 Å². The van der Waals surface area contributed by atoms with Crippen LogP contribution >= 0.6 is 0 Å². The molecule has 11 heavy (non-hydrogen) atoms. The number of ether oxygens (including phenoxy) is 2. The average molecular weight is 161 g/mol. The zero-order chi connectivity index (χ0) is 8.32. The van der Waals surface area contributed by atoms with Crippen LogP contribution in [0.25, 0.3) is 0 Å². The van der Waals surface area contributed by atoms with Gasteiger partial charge in [-0.2, -0.15) is 0 Å². The molecule has 0 bridgehead atoms. The fourth-order valence-corrected chi connectivity index (χ4v) is 0.907. The Bertz CT molecular complexity index is 153. The van der Waals surface area contributed by atoms with Crippen LogP contribution in [-0.2, 0) is 14.3 Å². The Labute approximate surface area is 64.3 Å². The number of rotatable bonds is 2. The monoisotopic (exact) mass is 161 g/mol. The maximum Gasteiger partial charge on any atom is 0.328 e. The Morgan fingerprint density at radius 1 is 1.55 bits per heavy atom. The van der Waals surface area contributed by atoms with Crippen molar-refractivity contribution in [2.45, 2.75) is 5.54 Å². The van der Waals surface area contributed by atoms with Gasteiger partial charge in [0.1, 0.15) is 6.79 Å². The second kappa shape index (κ2) is 3.17. The number of carbonyl (C=O) groups is 1. The Kier molecular flexibility index (Phi) is 2.43. The highest BCUT2D eigenvalue weighted by Gasteiger charge is 2.40. The van der Waals surface area contributed by atoms with Crippen LogP contribution in [0.4, 0.5) is 0 Å². The average Bonchev–Trinajstić information content (AvgIpc) is 2.05. The standard InChI is InChI=1S/C6H11NO4/c1-7-6(5(8)9)2-10-4-11-3-6/h7H,2-4H2,1H3,(H,8,9). The van der Waals surface area contributed by atoms with E-state index in [2.05, 4.69) is 5.32 Å². The number of likely N-dealkylation sites (N-methyl/N-ethyl adjacent to an activating group) is 1. The number of carboxylic acids is 1. The first-order chi connectivity index (χ1) is 5.21. The molecular formula is C6H11NO4. The highest BCUT2D eigenvalue weighted by atomic mass is 16.7. The third-order valence-electron chi connectivity index (χ3n) is 1.75. The van der Waals surface area contributed by atoms with Gasteiger partial charge in [-0.15, -0.1) is 0 Å². The van der Waals surface area contributed by atoms with Gasteiger partial charge in [0, 0.05) is 0 Å². The predicted molar refractivity (Wildman–Crippen MR) is 36.2 cm³/mol. The van der Waals surface area contributed by atoms with Crippen molar-refractivity contribution < 1.29 is 19.4 Å². The molecule has 0 aromatic heterocycles. The summed E-state index contributed by atoms with van der Waals surface area (Å²) in [6, 6.07) is 0. The molecular weight excluding hydrogens is 150 g/mol. The molecule has 1 aliphatic heterocycles. The van der Waals surface area contributed by atoms with Gasteiger partial charge in [-0.25, -0.2) is 0 Å². The molecule has 1 rings (SSSR count). The fourth-order valence-electron chi connectivity index (χ4n) is 0.907. The summed E-state index contributed by atoms with van der Waals surface area (Å²) in [5, 5.41) is 11.4. The molecule has 1 heterocycles. The largest absolute Gasteiger partial charge is 0.480 e. The molecule has 5 nitrogen and oxygen atoms in total. The van der Waals surface area contributed by atoms with Gasteiger partial charge in [-0.05, 0) is 7.05 Å². The van der Waals surface area contributed by atoms with Gasteiger partial charge < -0.3 is 19.9 Å². The zero-order valence-electron chi connectivity index (χ0n) is 6.29.